The number of hydrogen-bond donors (Lipinski definition) is 1. The summed E-state index contributed by atoms with van der Waals surface area (Å²) in [6.45, 7) is 4.83. The molecule has 0 amide bonds. The van der Waals surface area contributed by atoms with Crippen molar-refractivity contribution in [3.63, 3.8) is 0 Å². The van der Waals surface area contributed by atoms with E-state index in [9.17, 15) is 5.11 Å². The molecular formula is C33H35Cl2N3O4S. The first-order valence-corrected chi connectivity index (χ1v) is 17.0. The van der Waals surface area contributed by atoms with E-state index in [0.29, 0.717) is 33.8 Å². The predicted molar refractivity (Wildman–Crippen MR) is 168 cm³/mol. The first-order valence-electron chi connectivity index (χ1n) is 15.4. The van der Waals surface area contributed by atoms with Gasteiger partial charge >= 0.3 is 0 Å². The summed E-state index contributed by atoms with van der Waals surface area (Å²) < 4.78 is 19.1. The molecule has 3 aliphatic carbocycles. The maximum absolute atomic E-state index is 12.2. The molecule has 4 aromatic rings. The van der Waals surface area contributed by atoms with E-state index in [2.05, 4.69) is 28.3 Å². The minimum atomic E-state index is -0.902. The van der Waals surface area contributed by atoms with E-state index in [1.54, 1.807) is 11.3 Å². The topological polar surface area (TPSA) is 80.9 Å². The van der Waals surface area contributed by atoms with Crippen molar-refractivity contribution in [3.8, 4) is 11.3 Å². The Balaban J connectivity index is 0.996. The van der Waals surface area contributed by atoms with Crippen LogP contribution in [0.2, 0.25) is 10.0 Å². The molecule has 3 heterocycles. The monoisotopic (exact) mass is 639 g/mol. The Morgan fingerprint density at radius 2 is 1.77 bits per heavy atom. The smallest absolute Gasteiger partial charge is 0.145 e. The van der Waals surface area contributed by atoms with Gasteiger partial charge in [0.25, 0.3) is 0 Å². The number of aromatic nitrogens is 2. The van der Waals surface area contributed by atoms with E-state index >= 15 is 0 Å². The number of nitrogens with zero attached hydrogens (tertiary/aromatic N) is 3. The fourth-order valence-electron chi connectivity index (χ4n) is 7.49. The third kappa shape index (κ3) is 5.23. The van der Waals surface area contributed by atoms with Gasteiger partial charge in [-0.1, -0.05) is 40.5 Å². The molecule has 7 nitrogen and oxygen atoms in total. The second kappa shape index (κ2) is 11.4. The summed E-state index contributed by atoms with van der Waals surface area (Å²) in [6, 6.07) is 12.0. The van der Waals surface area contributed by atoms with E-state index in [1.165, 1.54) is 5.56 Å². The first kappa shape index (κ1) is 28.4. The molecule has 2 bridgehead atoms. The molecule has 4 aliphatic rings. The third-order valence-electron chi connectivity index (χ3n) is 9.94. The number of morpholine rings is 1. The van der Waals surface area contributed by atoms with Gasteiger partial charge in [0.2, 0.25) is 0 Å². The molecule has 8 rings (SSSR count). The van der Waals surface area contributed by atoms with Crippen molar-refractivity contribution in [2.24, 2.45) is 11.8 Å². The molecule has 2 unspecified atom stereocenters. The SMILES string of the molecule is OC1(c2nc3ccc(CN4CCOCC4)cc3s2)C2CCC1CC(OCc1c(-c3c(Cl)cccc3Cl)noc1C1CC1)C2. The van der Waals surface area contributed by atoms with Crippen LogP contribution in [0.5, 0.6) is 0 Å². The fourth-order valence-corrected chi connectivity index (χ4v) is 9.35. The largest absolute Gasteiger partial charge is 0.382 e. The first-order chi connectivity index (χ1) is 21.0. The second-order valence-corrected chi connectivity index (χ2v) is 14.5. The van der Waals surface area contributed by atoms with Crippen molar-refractivity contribution in [3.05, 3.63) is 68.3 Å². The molecule has 43 heavy (non-hydrogen) atoms. The average molecular weight is 641 g/mol. The lowest BCUT2D eigenvalue weighted by atomic mass is 9.73. The summed E-state index contributed by atoms with van der Waals surface area (Å²) in [6.07, 6.45) is 5.81. The normalized spacial score (nSPS) is 27.7. The van der Waals surface area contributed by atoms with Crippen LogP contribution in [-0.4, -0.2) is 52.6 Å². The number of aliphatic hydroxyl groups is 1. The standard InChI is InChI=1S/C33H35Cl2N3O4S/c34-25-2-1-3-26(35)29(25)30-24(31(42-37-30)20-5-6-20)18-41-23-15-21-7-8-22(16-23)33(21,39)32-36-27-9-4-19(14-28(27)43-32)17-38-10-12-40-13-11-38/h1-4,9,14,20-23,39H,5-8,10-13,15-18H2. The Bertz CT molecular complexity index is 1610. The molecule has 2 aromatic heterocycles. The number of hydrogen-bond acceptors (Lipinski definition) is 8. The van der Waals surface area contributed by atoms with Crippen LogP contribution in [-0.2, 0) is 28.2 Å². The Morgan fingerprint density at radius 1 is 1.02 bits per heavy atom. The third-order valence-corrected chi connectivity index (χ3v) is 11.7. The highest BCUT2D eigenvalue weighted by Crippen LogP contribution is 2.57. The zero-order valence-corrected chi connectivity index (χ0v) is 26.3. The number of fused-ring (bicyclic) bond motifs is 3. The lowest BCUT2D eigenvalue weighted by Crippen LogP contribution is -2.44. The lowest BCUT2D eigenvalue weighted by Gasteiger charge is -2.41. The highest BCUT2D eigenvalue weighted by molar-refractivity contribution is 7.18. The predicted octanol–water partition coefficient (Wildman–Crippen LogP) is 7.56. The van der Waals surface area contributed by atoms with Crippen molar-refractivity contribution in [1.29, 1.82) is 0 Å². The van der Waals surface area contributed by atoms with Gasteiger partial charge in [0.15, 0.2) is 0 Å². The quantitative estimate of drug-likeness (QED) is 0.213. The van der Waals surface area contributed by atoms with Gasteiger partial charge in [-0.05, 0) is 80.2 Å². The number of rotatable bonds is 8. The van der Waals surface area contributed by atoms with E-state index < -0.39 is 5.60 Å². The van der Waals surface area contributed by atoms with Gasteiger partial charge in [-0.15, -0.1) is 11.3 Å². The van der Waals surface area contributed by atoms with Crippen molar-refractivity contribution < 1.29 is 19.1 Å². The van der Waals surface area contributed by atoms with Crippen LogP contribution in [0.1, 0.15) is 66.3 Å². The Kier molecular flexibility index (Phi) is 7.53. The molecule has 1 N–H and O–H groups in total. The zero-order chi connectivity index (χ0) is 29.1. The summed E-state index contributed by atoms with van der Waals surface area (Å²) >= 11 is 14.8. The van der Waals surface area contributed by atoms with Gasteiger partial charge in [-0.3, -0.25) is 4.90 Å². The molecule has 3 saturated carbocycles. The minimum Gasteiger partial charge on any atom is -0.382 e. The molecule has 2 aromatic carbocycles. The fraction of sp³-hybridized carbons (Fsp3) is 0.515. The van der Waals surface area contributed by atoms with Gasteiger partial charge in [0.1, 0.15) is 22.1 Å². The summed E-state index contributed by atoms with van der Waals surface area (Å²) in [5.41, 5.74) is 3.68. The van der Waals surface area contributed by atoms with E-state index in [4.69, 9.17) is 42.2 Å². The van der Waals surface area contributed by atoms with Crippen LogP contribution in [0, 0.1) is 11.8 Å². The number of halogens is 2. The Hall–Kier alpha value is -2.04. The zero-order valence-electron chi connectivity index (χ0n) is 23.9. The number of thiazole rings is 1. The summed E-state index contributed by atoms with van der Waals surface area (Å²) in [5.74, 6) is 1.51. The van der Waals surface area contributed by atoms with E-state index in [0.717, 1.165) is 97.9 Å². The van der Waals surface area contributed by atoms with Gasteiger partial charge in [-0.2, -0.15) is 0 Å². The maximum atomic E-state index is 12.2. The van der Waals surface area contributed by atoms with Crippen molar-refractivity contribution >= 4 is 44.8 Å². The van der Waals surface area contributed by atoms with E-state index in [-0.39, 0.29) is 17.9 Å². The van der Waals surface area contributed by atoms with Crippen LogP contribution < -0.4 is 0 Å². The molecule has 4 fully saturated rings. The van der Waals surface area contributed by atoms with Gasteiger partial charge in [0, 0.05) is 36.7 Å². The van der Waals surface area contributed by atoms with Gasteiger partial charge in [0.05, 0.1) is 46.2 Å². The van der Waals surface area contributed by atoms with Crippen LogP contribution in [0.3, 0.4) is 0 Å². The van der Waals surface area contributed by atoms with Crippen LogP contribution >= 0.6 is 34.5 Å². The molecular weight excluding hydrogens is 605 g/mol. The minimum absolute atomic E-state index is 0.0452. The van der Waals surface area contributed by atoms with Crippen molar-refractivity contribution in [2.45, 2.75) is 69.3 Å². The van der Waals surface area contributed by atoms with E-state index in [1.807, 2.05) is 18.2 Å². The van der Waals surface area contributed by atoms with Crippen LogP contribution in [0.25, 0.3) is 21.5 Å². The lowest BCUT2D eigenvalue weighted by molar-refractivity contribution is -0.116. The van der Waals surface area contributed by atoms with Crippen LogP contribution in [0.4, 0.5) is 0 Å². The highest BCUT2D eigenvalue weighted by Gasteiger charge is 2.56. The molecule has 226 valence electrons. The highest BCUT2D eigenvalue weighted by atomic mass is 35.5. The molecule has 1 saturated heterocycles. The van der Waals surface area contributed by atoms with Crippen LogP contribution in [0.15, 0.2) is 40.9 Å². The second-order valence-electron chi connectivity index (χ2n) is 12.7. The van der Waals surface area contributed by atoms with Crippen molar-refractivity contribution in [2.75, 3.05) is 26.3 Å². The van der Waals surface area contributed by atoms with Gasteiger partial charge < -0.3 is 19.1 Å². The number of benzene rings is 2. The molecule has 1 aliphatic heterocycles. The molecule has 0 radical (unpaired) electrons. The molecule has 2 atom stereocenters. The summed E-state index contributed by atoms with van der Waals surface area (Å²) in [7, 11) is 0. The summed E-state index contributed by atoms with van der Waals surface area (Å²) in [4.78, 5) is 7.43. The van der Waals surface area contributed by atoms with Crippen molar-refractivity contribution in [1.82, 2.24) is 15.0 Å². The average Bonchev–Trinajstić information content (AvgIpc) is 3.59. The van der Waals surface area contributed by atoms with Gasteiger partial charge in [-0.25, -0.2) is 4.98 Å². The Labute approximate surface area is 265 Å². The summed E-state index contributed by atoms with van der Waals surface area (Å²) in [5, 5.41) is 18.6. The Morgan fingerprint density at radius 3 is 2.49 bits per heavy atom. The maximum Gasteiger partial charge on any atom is 0.145 e. The molecule has 10 heteroatoms. The number of ether oxygens (including phenoxy) is 2. The molecule has 0 spiro atoms.